The highest BCUT2D eigenvalue weighted by Gasteiger charge is 2.27. The second-order valence-electron chi connectivity index (χ2n) is 9.49. The molecule has 2 aliphatic rings. The molecular weight excluding hydrogens is 406 g/mol. The van der Waals surface area contributed by atoms with Crippen LogP contribution < -0.4 is 10.7 Å². The van der Waals surface area contributed by atoms with Crippen LogP contribution >= 0.6 is 0 Å². The fraction of sp³-hybridized carbons (Fsp3) is 0.583. The van der Waals surface area contributed by atoms with Gasteiger partial charge >= 0.3 is 0 Å². The van der Waals surface area contributed by atoms with Crippen LogP contribution in [0.5, 0.6) is 0 Å². The molecule has 8 heteroatoms. The summed E-state index contributed by atoms with van der Waals surface area (Å²) in [5.74, 6) is 0.0910. The first-order valence-electron chi connectivity index (χ1n) is 11.8. The smallest absolute Gasteiger partial charge is 0.259 e. The molecule has 2 amide bonds. The second-order valence-corrected chi connectivity index (χ2v) is 9.49. The molecule has 0 bridgehead atoms. The van der Waals surface area contributed by atoms with E-state index in [-0.39, 0.29) is 23.6 Å². The molecule has 0 unspecified atom stereocenters. The van der Waals surface area contributed by atoms with E-state index in [2.05, 4.69) is 29.4 Å². The van der Waals surface area contributed by atoms with Crippen molar-refractivity contribution in [2.45, 2.75) is 71.4 Å². The van der Waals surface area contributed by atoms with Gasteiger partial charge in [0.05, 0.1) is 17.9 Å². The van der Waals surface area contributed by atoms with Gasteiger partial charge in [-0.3, -0.25) is 19.5 Å². The standard InChI is InChI=1S/C24H33N5O3/c1-16(2)13-28-14-19(23(31)25-12-18-11-21(27-26-18)17-7-8-17)22(30)20(15-28)24(32)29-9-5-3-4-6-10-29/h11,14-17H,3-10,12-13H2,1-2H3,(H,25,31)(H,26,27). The number of nitrogens with zero attached hydrogens (tertiary/aromatic N) is 3. The Labute approximate surface area is 188 Å². The van der Waals surface area contributed by atoms with Crippen LogP contribution in [-0.4, -0.2) is 44.6 Å². The second kappa shape index (κ2) is 9.71. The molecule has 32 heavy (non-hydrogen) atoms. The fourth-order valence-electron chi connectivity index (χ4n) is 4.25. The van der Waals surface area contributed by atoms with E-state index in [0.717, 1.165) is 49.9 Å². The van der Waals surface area contributed by atoms with Gasteiger partial charge in [0, 0.05) is 37.9 Å². The maximum Gasteiger partial charge on any atom is 0.259 e. The fourth-order valence-corrected chi connectivity index (χ4v) is 4.25. The quantitative estimate of drug-likeness (QED) is 0.692. The minimum atomic E-state index is -0.500. The van der Waals surface area contributed by atoms with E-state index >= 15 is 0 Å². The third-order valence-corrected chi connectivity index (χ3v) is 6.11. The number of H-pyrrole nitrogens is 1. The van der Waals surface area contributed by atoms with Crippen molar-refractivity contribution in [1.82, 2.24) is 25.0 Å². The highest BCUT2D eigenvalue weighted by atomic mass is 16.2. The number of likely N-dealkylation sites (tertiary alicyclic amines) is 1. The predicted octanol–water partition coefficient (Wildman–Crippen LogP) is 3.05. The SMILES string of the molecule is CC(C)Cn1cc(C(=O)NCc2cc(C3CC3)n[nH]2)c(=O)c(C(=O)N2CCCCCC2)c1. The Balaban J connectivity index is 1.56. The number of carbonyl (C=O) groups excluding carboxylic acids is 2. The van der Waals surface area contributed by atoms with Crippen LogP contribution in [0.1, 0.15) is 90.4 Å². The number of rotatable bonds is 7. The van der Waals surface area contributed by atoms with Crippen molar-refractivity contribution in [3.8, 4) is 0 Å². The van der Waals surface area contributed by atoms with Crippen LogP contribution in [0.25, 0.3) is 0 Å². The maximum absolute atomic E-state index is 13.2. The third-order valence-electron chi connectivity index (χ3n) is 6.11. The van der Waals surface area contributed by atoms with E-state index in [4.69, 9.17) is 0 Å². The maximum atomic E-state index is 13.2. The number of hydrogen-bond donors (Lipinski definition) is 2. The predicted molar refractivity (Wildman–Crippen MR) is 122 cm³/mol. The number of hydrogen-bond acceptors (Lipinski definition) is 4. The molecule has 2 aromatic rings. The first kappa shape index (κ1) is 22.3. The summed E-state index contributed by atoms with van der Waals surface area (Å²) < 4.78 is 1.80. The molecule has 2 aromatic heterocycles. The number of carbonyl (C=O) groups is 2. The Bertz CT molecular complexity index is 1030. The summed E-state index contributed by atoms with van der Waals surface area (Å²) in [6, 6.07) is 1.97. The van der Waals surface area contributed by atoms with Crippen LogP contribution in [0.15, 0.2) is 23.3 Å². The van der Waals surface area contributed by atoms with Gasteiger partial charge in [0.25, 0.3) is 11.8 Å². The lowest BCUT2D eigenvalue weighted by Crippen LogP contribution is -2.38. The van der Waals surface area contributed by atoms with Crippen molar-refractivity contribution in [3.63, 3.8) is 0 Å². The molecule has 1 saturated heterocycles. The third kappa shape index (κ3) is 5.29. The zero-order valence-corrected chi connectivity index (χ0v) is 19.0. The molecule has 0 radical (unpaired) electrons. The van der Waals surface area contributed by atoms with Crippen LogP contribution in [0.4, 0.5) is 0 Å². The molecule has 1 saturated carbocycles. The molecule has 172 valence electrons. The normalized spacial score (nSPS) is 16.8. The summed E-state index contributed by atoms with van der Waals surface area (Å²) >= 11 is 0. The van der Waals surface area contributed by atoms with Gasteiger partial charge in [0.15, 0.2) is 0 Å². The summed E-state index contributed by atoms with van der Waals surface area (Å²) in [6.45, 7) is 6.30. The first-order valence-corrected chi connectivity index (χ1v) is 11.8. The highest BCUT2D eigenvalue weighted by Crippen LogP contribution is 2.38. The molecule has 8 nitrogen and oxygen atoms in total. The van der Waals surface area contributed by atoms with Gasteiger partial charge in [-0.05, 0) is 37.7 Å². The number of nitrogens with one attached hydrogen (secondary N) is 2. The van der Waals surface area contributed by atoms with E-state index in [1.54, 1.807) is 21.9 Å². The minimum Gasteiger partial charge on any atom is -0.352 e. The van der Waals surface area contributed by atoms with Crippen molar-refractivity contribution < 1.29 is 9.59 Å². The molecule has 0 atom stereocenters. The minimum absolute atomic E-state index is 0.00764. The summed E-state index contributed by atoms with van der Waals surface area (Å²) in [5, 5.41) is 10.1. The van der Waals surface area contributed by atoms with Crippen molar-refractivity contribution in [3.05, 3.63) is 51.2 Å². The topological polar surface area (TPSA) is 100 Å². The van der Waals surface area contributed by atoms with Crippen molar-refractivity contribution in [1.29, 1.82) is 0 Å². The van der Waals surface area contributed by atoms with Gasteiger partial charge in [-0.2, -0.15) is 5.10 Å². The Morgan fingerprint density at radius 1 is 1.12 bits per heavy atom. The summed E-state index contributed by atoms with van der Waals surface area (Å²) in [6.07, 6.45) is 9.58. The van der Waals surface area contributed by atoms with Gasteiger partial charge in [0.1, 0.15) is 11.1 Å². The summed E-state index contributed by atoms with van der Waals surface area (Å²) in [4.78, 5) is 41.1. The van der Waals surface area contributed by atoms with E-state index in [1.807, 2.05) is 6.07 Å². The van der Waals surface area contributed by atoms with Crippen LogP contribution in [-0.2, 0) is 13.1 Å². The lowest BCUT2D eigenvalue weighted by molar-refractivity contribution is 0.0759. The molecule has 0 spiro atoms. The van der Waals surface area contributed by atoms with Crippen molar-refractivity contribution in [2.24, 2.45) is 5.92 Å². The Hall–Kier alpha value is -2.90. The molecule has 3 heterocycles. The Morgan fingerprint density at radius 3 is 2.47 bits per heavy atom. The van der Waals surface area contributed by atoms with Gasteiger partial charge < -0.3 is 14.8 Å². The number of aromatic nitrogens is 3. The summed E-state index contributed by atoms with van der Waals surface area (Å²) in [7, 11) is 0. The number of amides is 2. The number of aromatic amines is 1. The Morgan fingerprint density at radius 2 is 1.81 bits per heavy atom. The largest absolute Gasteiger partial charge is 0.352 e. The van der Waals surface area contributed by atoms with Crippen LogP contribution in [0, 0.1) is 5.92 Å². The Kier molecular flexibility index (Phi) is 6.77. The first-order chi connectivity index (χ1) is 15.4. The highest BCUT2D eigenvalue weighted by molar-refractivity contribution is 5.99. The molecule has 1 aliphatic carbocycles. The monoisotopic (exact) mass is 439 g/mol. The summed E-state index contributed by atoms with van der Waals surface area (Å²) in [5.41, 5.74) is 1.42. The van der Waals surface area contributed by atoms with E-state index < -0.39 is 11.3 Å². The zero-order valence-electron chi connectivity index (χ0n) is 19.0. The van der Waals surface area contributed by atoms with Crippen LogP contribution in [0.2, 0.25) is 0 Å². The average Bonchev–Trinajstić information content (AvgIpc) is 3.56. The van der Waals surface area contributed by atoms with Crippen LogP contribution in [0.3, 0.4) is 0 Å². The molecule has 2 fully saturated rings. The molecule has 0 aromatic carbocycles. The van der Waals surface area contributed by atoms with Gasteiger partial charge in [-0.15, -0.1) is 0 Å². The lowest BCUT2D eigenvalue weighted by Gasteiger charge is -2.21. The van der Waals surface area contributed by atoms with Crippen molar-refractivity contribution in [2.75, 3.05) is 13.1 Å². The average molecular weight is 440 g/mol. The van der Waals surface area contributed by atoms with E-state index in [0.29, 0.717) is 31.5 Å². The zero-order chi connectivity index (χ0) is 22.7. The number of pyridine rings is 1. The van der Waals surface area contributed by atoms with Crippen molar-refractivity contribution >= 4 is 11.8 Å². The molecule has 1 aliphatic heterocycles. The lowest BCUT2D eigenvalue weighted by atomic mass is 10.1. The molecular formula is C24H33N5O3. The molecule has 4 rings (SSSR count). The van der Waals surface area contributed by atoms with E-state index in [9.17, 15) is 14.4 Å². The van der Waals surface area contributed by atoms with Gasteiger partial charge in [-0.25, -0.2) is 0 Å². The van der Waals surface area contributed by atoms with E-state index in [1.165, 1.54) is 0 Å². The molecule has 2 N–H and O–H groups in total. The van der Waals surface area contributed by atoms with Gasteiger partial charge in [-0.1, -0.05) is 26.7 Å². The van der Waals surface area contributed by atoms with Gasteiger partial charge in [0.2, 0.25) is 5.43 Å².